The fourth-order valence-corrected chi connectivity index (χ4v) is 1.62. The molecule has 0 N–H and O–H groups in total. The van der Waals surface area contributed by atoms with E-state index in [0.717, 1.165) is 19.1 Å². The molecule has 0 aliphatic carbocycles. The van der Waals surface area contributed by atoms with Gasteiger partial charge in [0.1, 0.15) is 5.82 Å². The van der Waals surface area contributed by atoms with Crippen LogP contribution >= 0.6 is 11.6 Å². The summed E-state index contributed by atoms with van der Waals surface area (Å²) < 4.78 is 31.6. The van der Waals surface area contributed by atoms with E-state index in [1.165, 1.54) is 6.92 Å². The van der Waals surface area contributed by atoms with E-state index >= 15 is 0 Å². The van der Waals surface area contributed by atoms with E-state index in [1.54, 1.807) is 0 Å². The Labute approximate surface area is 108 Å². The molecule has 1 rings (SSSR count). The summed E-state index contributed by atoms with van der Waals surface area (Å²) >= 11 is 5.65. The van der Waals surface area contributed by atoms with Crippen molar-refractivity contribution < 1.29 is 23.1 Å². The summed E-state index contributed by atoms with van der Waals surface area (Å²) in [6.45, 7) is 2.67. The maximum Gasteiger partial charge on any atom is 0.345 e. The topological polar surface area (TPSA) is 43.4 Å². The Hall–Kier alpha value is -1.49. The van der Waals surface area contributed by atoms with Gasteiger partial charge in [-0.15, -0.1) is 0 Å². The van der Waals surface area contributed by atoms with E-state index in [0.29, 0.717) is 0 Å². The van der Waals surface area contributed by atoms with E-state index in [1.807, 2.05) is 0 Å². The van der Waals surface area contributed by atoms with Crippen LogP contribution in [-0.4, -0.2) is 18.4 Å². The largest absolute Gasteiger partial charge is 0.464 e. The Morgan fingerprint density at radius 1 is 1.44 bits per heavy atom. The fourth-order valence-electron chi connectivity index (χ4n) is 1.37. The Balaban J connectivity index is 3.20. The van der Waals surface area contributed by atoms with Crippen molar-refractivity contribution in [2.24, 2.45) is 0 Å². The van der Waals surface area contributed by atoms with Crippen molar-refractivity contribution in [1.82, 2.24) is 0 Å². The Kier molecular flexibility index (Phi) is 4.78. The molecule has 0 saturated carbocycles. The molecule has 0 fully saturated rings. The van der Waals surface area contributed by atoms with Crippen LogP contribution in [0.15, 0.2) is 12.1 Å². The van der Waals surface area contributed by atoms with Gasteiger partial charge in [0.25, 0.3) is 0 Å². The maximum atomic E-state index is 13.8. The molecule has 0 radical (unpaired) electrons. The molecule has 1 aromatic rings. The first-order valence-electron chi connectivity index (χ1n) is 5.19. The van der Waals surface area contributed by atoms with Crippen LogP contribution in [0, 0.1) is 5.82 Å². The number of hydrogen-bond acceptors (Lipinski definition) is 3. The minimum Gasteiger partial charge on any atom is -0.464 e. The molecule has 0 amide bonds. The van der Waals surface area contributed by atoms with Crippen molar-refractivity contribution in [3.63, 3.8) is 0 Å². The summed E-state index contributed by atoms with van der Waals surface area (Å²) in [5, 5.41) is -0.266. The molecule has 0 saturated heterocycles. The monoisotopic (exact) mass is 276 g/mol. The first-order chi connectivity index (χ1) is 8.38. The molecular weight excluding hydrogens is 266 g/mol. The number of ketones is 1. The Morgan fingerprint density at radius 2 is 2.06 bits per heavy atom. The number of halogens is 3. The average molecular weight is 277 g/mol. The minimum absolute atomic E-state index is 0.0115. The zero-order valence-electron chi connectivity index (χ0n) is 9.80. The molecule has 0 spiro atoms. The van der Waals surface area contributed by atoms with Crippen LogP contribution in [0.3, 0.4) is 0 Å². The standard InChI is InChI=1S/C12H11ClF2O3/c1-3-18-12(17)11(15)8-4-7(6(2)16)10(14)5-9(8)13/h4-5,11H,3H2,1-2H3. The molecule has 0 bridgehead atoms. The summed E-state index contributed by atoms with van der Waals surface area (Å²) in [7, 11) is 0. The molecule has 1 unspecified atom stereocenters. The molecular formula is C12H11ClF2O3. The van der Waals surface area contributed by atoms with Gasteiger partial charge >= 0.3 is 5.97 Å². The van der Waals surface area contributed by atoms with E-state index in [-0.39, 0.29) is 22.8 Å². The normalized spacial score (nSPS) is 12.1. The van der Waals surface area contributed by atoms with E-state index in [4.69, 9.17) is 11.6 Å². The van der Waals surface area contributed by atoms with Crippen LogP contribution in [-0.2, 0) is 9.53 Å². The maximum absolute atomic E-state index is 13.8. The molecule has 0 heterocycles. The molecule has 1 aromatic carbocycles. The van der Waals surface area contributed by atoms with E-state index in [9.17, 15) is 18.4 Å². The van der Waals surface area contributed by atoms with Gasteiger partial charge < -0.3 is 4.74 Å². The van der Waals surface area contributed by atoms with Crippen molar-refractivity contribution in [3.05, 3.63) is 34.1 Å². The SMILES string of the molecule is CCOC(=O)C(F)c1cc(C(C)=O)c(F)cc1Cl. The molecule has 1 atom stereocenters. The number of esters is 1. The summed E-state index contributed by atoms with van der Waals surface area (Å²) in [6, 6.07) is 1.74. The van der Waals surface area contributed by atoms with Gasteiger partial charge in [-0.3, -0.25) is 4.79 Å². The van der Waals surface area contributed by atoms with Gasteiger partial charge in [-0.05, 0) is 26.0 Å². The van der Waals surface area contributed by atoms with Gasteiger partial charge in [0, 0.05) is 5.56 Å². The number of Topliss-reactive ketones (excluding diaryl/α,β-unsaturated/α-hetero) is 1. The van der Waals surface area contributed by atoms with Gasteiger partial charge in [-0.2, -0.15) is 0 Å². The molecule has 0 aliphatic heterocycles. The molecule has 6 heteroatoms. The lowest BCUT2D eigenvalue weighted by molar-refractivity contribution is -0.149. The van der Waals surface area contributed by atoms with E-state index in [2.05, 4.69) is 4.74 Å². The number of hydrogen-bond donors (Lipinski definition) is 0. The van der Waals surface area contributed by atoms with Crippen molar-refractivity contribution in [2.45, 2.75) is 20.0 Å². The number of carbonyl (C=O) groups is 2. The minimum atomic E-state index is -2.14. The Bertz CT molecular complexity index is 488. The molecule has 0 aliphatic rings. The zero-order valence-corrected chi connectivity index (χ0v) is 10.6. The third-order valence-electron chi connectivity index (χ3n) is 2.23. The summed E-state index contributed by atoms with van der Waals surface area (Å²) in [5.41, 5.74) is -0.594. The van der Waals surface area contributed by atoms with Gasteiger partial charge in [-0.1, -0.05) is 11.6 Å². The van der Waals surface area contributed by atoms with Gasteiger partial charge in [0.15, 0.2) is 5.78 Å². The third kappa shape index (κ3) is 3.04. The number of carbonyl (C=O) groups excluding carboxylic acids is 2. The first kappa shape index (κ1) is 14.6. The average Bonchev–Trinajstić information content (AvgIpc) is 2.28. The van der Waals surface area contributed by atoms with Crippen LogP contribution in [0.5, 0.6) is 0 Å². The highest BCUT2D eigenvalue weighted by Gasteiger charge is 2.25. The smallest absolute Gasteiger partial charge is 0.345 e. The fraction of sp³-hybridized carbons (Fsp3) is 0.333. The number of ether oxygens (including phenoxy) is 1. The lowest BCUT2D eigenvalue weighted by atomic mass is 10.0. The van der Waals surface area contributed by atoms with Crippen LogP contribution in [0.2, 0.25) is 5.02 Å². The second-order valence-electron chi connectivity index (χ2n) is 3.52. The summed E-state index contributed by atoms with van der Waals surface area (Å²) in [4.78, 5) is 22.4. The number of alkyl halides is 1. The molecule has 3 nitrogen and oxygen atoms in total. The van der Waals surface area contributed by atoms with Crippen molar-refractivity contribution in [2.75, 3.05) is 6.61 Å². The van der Waals surface area contributed by atoms with Crippen molar-refractivity contribution in [3.8, 4) is 0 Å². The van der Waals surface area contributed by atoms with Gasteiger partial charge in [-0.25, -0.2) is 13.6 Å². The van der Waals surface area contributed by atoms with Gasteiger partial charge in [0.05, 0.1) is 17.2 Å². The highest BCUT2D eigenvalue weighted by molar-refractivity contribution is 6.31. The highest BCUT2D eigenvalue weighted by atomic mass is 35.5. The third-order valence-corrected chi connectivity index (χ3v) is 2.56. The van der Waals surface area contributed by atoms with Crippen LogP contribution < -0.4 is 0 Å². The Morgan fingerprint density at radius 3 is 2.56 bits per heavy atom. The molecule has 98 valence electrons. The zero-order chi connectivity index (χ0) is 13.9. The first-order valence-corrected chi connectivity index (χ1v) is 5.56. The molecule has 0 aromatic heterocycles. The lowest BCUT2D eigenvalue weighted by Crippen LogP contribution is -2.13. The second-order valence-corrected chi connectivity index (χ2v) is 3.93. The second kappa shape index (κ2) is 5.91. The van der Waals surface area contributed by atoms with Crippen LogP contribution in [0.25, 0.3) is 0 Å². The predicted octanol–water partition coefficient (Wildman–Crippen LogP) is 3.26. The number of rotatable bonds is 4. The molecule has 18 heavy (non-hydrogen) atoms. The summed E-state index contributed by atoms with van der Waals surface area (Å²) in [5.74, 6) is -2.56. The van der Waals surface area contributed by atoms with Crippen molar-refractivity contribution in [1.29, 1.82) is 0 Å². The van der Waals surface area contributed by atoms with Gasteiger partial charge in [0.2, 0.25) is 6.17 Å². The lowest BCUT2D eigenvalue weighted by Gasteiger charge is -2.11. The van der Waals surface area contributed by atoms with Crippen LogP contribution in [0.4, 0.5) is 8.78 Å². The van der Waals surface area contributed by atoms with E-state index < -0.39 is 23.7 Å². The number of benzene rings is 1. The van der Waals surface area contributed by atoms with Crippen molar-refractivity contribution >= 4 is 23.4 Å². The quantitative estimate of drug-likeness (QED) is 0.626. The highest BCUT2D eigenvalue weighted by Crippen LogP contribution is 2.29. The summed E-state index contributed by atoms with van der Waals surface area (Å²) in [6.07, 6.45) is -2.14. The predicted molar refractivity (Wildman–Crippen MR) is 61.9 cm³/mol. The van der Waals surface area contributed by atoms with Crippen LogP contribution in [0.1, 0.15) is 35.9 Å².